The summed E-state index contributed by atoms with van der Waals surface area (Å²) in [6.07, 6.45) is 17.0. The molecule has 0 aromatic heterocycles. The number of unbranched alkanes of at least 4 members (excludes halogenated alkanes) is 7. The van der Waals surface area contributed by atoms with Gasteiger partial charge in [0.1, 0.15) is 0 Å². The Kier molecular flexibility index (Phi) is 23.5. The molecule has 0 aromatic carbocycles. The van der Waals surface area contributed by atoms with E-state index in [4.69, 9.17) is 10.2 Å². The molecule has 156 valence electrons. The average Bonchev–Trinajstić information content (AvgIpc) is 2.57. The van der Waals surface area contributed by atoms with E-state index in [1.54, 1.807) is 0 Å². The summed E-state index contributed by atoms with van der Waals surface area (Å²) in [4.78, 5) is 20.9. The van der Waals surface area contributed by atoms with E-state index >= 15 is 0 Å². The molecule has 0 aliphatic rings. The second-order valence-electron chi connectivity index (χ2n) is 8.19. The monoisotopic (exact) mass is 410 g/mol. The summed E-state index contributed by atoms with van der Waals surface area (Å²) >= 11 is 0. The predicted octanol–water partition coefficient (Wildman–Crippen LogP) is 3.79. The molecule has 0 saturated carbocycles. The van der Waals surface area contributed by atoms with Gasteiger partial charge in [-0.1, -0.05) is 90.9 Å². The maximum absolute atomic E-state index is 10.4. The molecule has 2 unspecified atom stereocenters. The van der Waals surface area contributed by atoms with Crippen molar-refractivity contribution in [1.82, 2.24) is 0 Å². The van der Waals surface area contributed by atoms with Crippen molar-refractivity contribution in [1.29, 1.82) is 0 Å². The van der Waals surface area contributed by atoms with Crippen molar-refractivity contribution >= 4 is 11.9 Å². The fourth-order valence-corrected chi connectivity index (χ4v) is 3.52. The molecule has 0 fully saturated rings. The van der Waals surface area contributed by atoms with Crippen molar-refractivity contribution in [2.45, 2.75) is 117 Å². The van der Waals surface area contributed by atoms with E-state index < -0.39 is 11.9 Å². The van der Waals surface area contributed by atoms with Crippen LogP contribution >= 0.6 is 0 Å². The van der Waals surface area contributed by atoms with Gasteiger partial charge in [-0.25, -0.2) is 0 Å². The van der Waals surface area contributed by atoms with Crippen LogP contribution in [0.3, 0.4) is 0 Å². The summed E-state index contributed by atoms with van der Waals surface area (Å²) in [5.41, 5.74) is 0. The summed E-state index contributed by atoms with van der Waals surface area (Å²) in [7, 11) is 0. The SMILES string of the molecule is CC(CCCCCCC(=O)O)CCCCC(C)CCCCCCC(=O)O.[H-].[K+]. The van der Waals surface area contributed by atoms with Gasteiger partial charge in [0, 0.05) is 12.8 Å². The van der Waals surface area contributed by atoms with E-state index in [9.17, 15) is 9.59 Å². The zero-order valence-corrected chi connectivity index (χ0v) is 21.3. The van der Waals surface area contributed by atoms with Gasteiger partial charge < -0.3 is 11.6 Å². The number of hydrogen-bond acceptors (Lipinski definition) is 2. The minimum absolute atomic E-state index is 0. The average molecular weight is 411 g/mol. The molecular weight excluding hydrogens is 367 g/mol. The zero-order chi connectivity index (χ0) is 19.6. The van der Waals surface area contributed by atoms with E-state index in [-0.39, 0.29) is 52.8 Å². The molecule has 2 N–H and O–H groups in total. The van der Waals surface area contributed by atoms with Gasteiger partial charge in [0.25, 0.3) is 0 Å². The van der Waals surface area contributed by atoms with Crippen LogP contribution in [0.4, 0.5) is 0 Å². The van der Waals surface area contributed by atoms with Crippen molar-refractivity contribution < 1.29 is 72.6 Å². The molecule has 0 heterocycles. The third kappa shape index (κ3) is 24.5. The van der Waals surface area contributed by atoms with Crippen LogP contribution in [0.5, 0.6) is 0 Å². The van der Waals surface area contributed by atoms with Crippen molar-refractivity contribution in [2.24, 2.45) is 11.8 Å². The smallest absolute Gasteiger partial charge is 1.00 e. The minimum atomic E-state index is -0.675. The summed E-state index contributed by atoms with van der Waals surface area (Å²) < 4.78 is 0. The molecule has 0 spiro atoms. The van der Waals surface area contributed by atoms with Crippen molar-refractivity contribution in [3.05, 3.63) is 0 Å². The molecule has 4 nitrogen and oxygen atoms in total. The molecule has 0 bridgehead atoms. The summed E-state index contributed by atoms with van der Waals surface area (Å²) in [5, 5.41) is 17.2. The van der Waals surface area contributed by atoms with Gasteiger partial charge in [-0.05, 0) is 24.7 Å². The first-order valence-corrected chi connectivity index (χ1v) is 10.9. The first kappa shape index (κ1) is 29.8. The van der Waals surface area contributed by atoms with Crippen LogP contribution < -0.4 is 51.4 Å². The van der Waals surface area contributed by atoms with Gasteiger partial charge >= 0.3 is 63.3 Å². The Bertz CT molecular complexity index is 332. The maximum atomic E-state index is 10.4. The van der Waals surface area contributed by atoms with Crippen LogP contribution in [0.25, 0.3) is 0 Å². The van der Waals surface area contributed by atoms with Gasteiger partial charge in [0.2, 0.25) is 0 Å². The largest absolute Gasteiger partial charge is 1.00 e. The Morgan fingerprint density at radius 1 is 0.593 bits per heavy atom. The predicted molar refractivity (Wildman–Crippen MR) is 109 cm³/mol. The zero-order valence-electron chi connectivity index (χ0n) is 19.2. The number of carboxylic acid groups (broad SMARTS) is 2. The first-order chi connectivity index (χ1) is 12.4. The number of aliphatic carboxylic acids is 2. The van der Waals surface area contributed by atoms with Crippen LogP contribution in [0, 0.1) is 11.8 Å². The Morgan fingerprint density at radius 2 is 0.852 bits per heavy atom. The van der Waals surface area contributed by atoms with Gasteiger partial charge in [0.05, 0.1) is 0 Å². The molecule has 5 heteroatoms. The number of hydrogen-bond donors (Lipinski definition) is 2. The molecule has 0 aromatic rings. The molecule has 0 amide bonds. The Hall–Kier alpha value is 0.576. The molecule has 27 heavy (non-hydrogen) atoms. The van der Waals surface area contributed by atoms with Crippen molar-refractivity contribution in [3.63, 3.8) is 0 Å². The van der Waals surface area contributed by atoms with Gasteiger partial charge in [-0.3, -0.25) is 9.59 Å². The second-order valence-corrected chi connectivity index (χ2v) is 8.19. The minimum Gasteiger partial charge on any atom is -1.00 e. The first-order valence-electron chi connectivity index (χ1n) is 10.9. The third-order valence-corrected chi connectivity index (χ3v) is 5.32. The molecule has 0 aliphatic carbocycles. The van der Waals surface area contributed by atoms with Crippen LogP contribution in [-0.2, 0) is 9.59 Å². The van der Waals surface area contributed by atoms with Crippen LogP contribution in [0.1, 0.15) is 118 Å². The van der Waals surface area contributed by atoms with Gasteiger partial charge in [0.15, 0.2) is 0 Å². The number of carbonyl (C=O) groups is 2. The second kappa shape index (κ2) is 21.3. The van der Waals surface area contributed by atoms with Crippen LogP contribution in [-0.4, -0.2) is 22.2 Å². The van der Waals surface area contributed by atoms with Gasteiger partial charge in [-0.15, -0.1) is 0 Å². The molecule has 0 rings (SSSR count). The Balaban J connectivity index is -0.00000312. The summed E-state index contributed by atoms with van der Waals surface area (Å²) in [5.74, 6) is 0.231. The molecule has 0 saturated heterocycles. The third-order valence-electron chi connectivity index (χ3n) is 5.32. The van der Waals surface area contributed by atoms with E-state index in [1.165, 1.54) is 64.2 Å². The van der Waals surface area contributed by atoms with E-state index in [0.29, 0.717) is 12.8 Å². The standard InChI is InChI=1S/C22H42O4.K.H/c1-19(13-7-3-5-9-17-21(23)24)15-11-12-16-20(2)14-8-4-6-10-18-22(25)26;;/h19-20H,3-18H2,1-2H3,(H,23,24)(H,25,26);;/q;+1;-1. The Morgan fingerprint density at radius 3 is 1.15 bits per heavy atom. The molecule has 2 atom stereocenters. The molecular formula is C22H43KO4. The van der Waals surface area contributed by atoms with Crippen LogP contribution in [0.15, 0.2) is 0 Å². The van der Waals surface area contributed by atoms with Gasteiger partial charge in [-0.2, -0.15) is 0 Å². The van der Waals surface area contributed by atoms with Crippen molar-refractivity contribution in [2.75, 3.05) is 0 Å². The Labute approximate surface area is 211 Å². The molecule has 0 aliphatic heterocycles. The maximum Gasteiger partial charge on any atom is 1.00 e. The fourth-order valence-electron chi connectivity index (χ4n) is 3.52. The quantitative estimate of drug-likeness (QED) is 0.251. The van der Waals surface area contributed by atoms with E-state index in [2.05, 4.69) is 13.8 Å². The van der Waals surface area contributed by atoms with Crippen molar-refractivity contribution in [3.8, 4) is 0 Å². The van der Waals surface area contributed by atoms with E-state index in [0.717, 1.165) is 37.5 Å². The molecule has 0 radical (unpaired) electrons. The van der Waals surface area contributed by atoms with Crippen LogP contribution in [0.2, 0.25) is 0 Å². The topological polar surface area (TPSA) is 74.6 Å². The summed E-state index contributed by atoms with van der Waals surface area (Å²) in [6.45, 7) is 4.69. The van der Waals surface area contributed by atoms with E-state index in [1.807, 2.05) is 0 Å². The number of rotatable bonds is 19. The number of carboxylic acids is 2. The fraction of sp³-hybridized carbons (Fsp3) is 0.909. The normalized spacial score (nSPS) is 13.0. The summed E-state index contributed by atoms with van der Waals surface area (Å²) in [6, 6.07) is 0.